The summed E-state index contributed by atoms with van der Waals surface area (Å²) in [6, 6.07) is -1.39. The Labute approximate surface area is 95.8 Å². The molecule has 0 aromatic carbocycles. The van der Waals surface area contributed by atoms with Gasteiger partial charge < -0.3 is 15.3 Å². The summed E-state index contributed by atoms with van der Waals surface area (Å²) in [5.74, 6) is 1.10. The lowest BCUT2D eigenvalue weighted by molar-refractivity contribution is -0.139. The number of carboxylic acids is 1. The number of amides is 2. The van der Waals surface area contributed by atoms with Crippen LogP contribution in [0.25, 0.3) is 0 Å². The van der Waals surface area contributed by atoms with Gasteiger partial charge in [-0.1, -0.05) is 6.92 Å². The summed E-state index contributed by atoms with van der Waals surface area (Å²) in [4.78, 5) is 23.8. The van der Waals surface area contributed by atoms with Crippen LogP contribution in [-0.2, 0) is 4.79 Å². The van der Waals surface area contributed by atoms with E-state index in [0.717, 1.165) is 6.42 Å². The molecule has 2 amide bonds. The summed E-state index contributed by atoms with van der Waals surface area (Å²) in [5, 5.41) is 11.2. The first-order valence-electron chi connectivity index (χ1n) is 5.13. The van der Waals surface area contributed by atoms with Gasteiger partial charge in [0.25, 0.3) is 0 Å². The number of urea groups is 1. The van der Waals surface area contributed by atoms with E-state index in [4.69, 9.17) is 11.5 Å². The van der Waals surface area contributed by atoms with Crippen molar-refractivity contribution in [2.24, 2.45) is 0 Å². The van der Waals surface area contributed by atoms with Crippen LogP contribution in [0.4, 0.5) is 4.79 Å². The van der Waals surface area contributed by atoms with E-state index in [2.05, 4.69) is 11.2 Å². The van der Waals surface area contributed by atoms with Crippen molar-refractivity contribution in [1.29, 1.82) is 0 Å². The molecule has 2 N–H and O–H groups in total. The summed E-state index contributed by atoms with van der Waals surface area (Å²) < 4.78 is 0. The lowest BCUT2D eigenvalue weighted by Gasteiger charge is -2.25. The molecule has 0 spiro atoms. The Kier molecular flexibility index (Phi) is 6.01. The van der Waals surface area contributed by atoms with Crippen LogP contribution in [0.5, 0.6) is 0 Å². The van der Waals surface area contributed by atoms with E-state index < -0.39 is 18.0 Å². The highest BCUT2D eigenvalue weighted by Crippen LogP contribution is 2.01. The number of nitrogens with one attached hydrogen (secondary N) is 1. The molecular weight excluding hydrogens is 208 g/mol. The summed E-state index contributed by atoms with van der Waals surface area (Å²) in [7, 11) is 1.62. The average Bonchev–Trinajstić information content (AvgIpc) is 2.25. The van der Waals surface area contributed by atoms with Gasteiger partial charge in [-0.25, -0.2) is 9.59 Å². The maximum atomic E-state index is 11.6. The van der Waals surface area contributed by atoms with Crippen LogP contribution >= 0.6 is 0 Å². The van der Waals surface area contributed by atoms with E-state index in [1.165, 1.54) is 4.90 Å². The molecular formula is C11H18N2O3. The van der Waals surface area contributed by atoms with Gasteiger partial charge in [-0.2, -0.15) is 0 Å². The van der Waals surface area contributed by atoms with Gasteiger partial charge in [0.2, 0.25) is 0 Å². The third-order valence-corrected chi connectivity index (χ3v) is 2.49. The molecule has 0 rings (SSSR count). The fraction of sp³-hybridized carbons (Fsp3) is 0.636. The van der Waals surface area contributed by atoms with Crippen molar-refractivity contribution in [2.45, 2.75) is 38.8 Å². The van der Waals surface area contributed by atoms with Crippen molar-refractivity contribution in [3.05, 3.63) is 0 Å². The van der Waals surface area contributed by atoms with Gasteiger partial charge in [0.15, 0.2) is 0 Å². The Hall–Kier alpha value is -1.70. The molecule has 0 radical (unpaired) electrons. The largest absolute Gasteiger partial charge is 0.480 e. The smallest absolute Gasteiger partial charge is 0.327 e. The second-order valence-corrected chi connectivity index (χ2v) is 3.62. The second-order valence-electron chi connectivity index (χ2n) is 3.62. The van der Waals surface area contributed by atoms with E-state index in [9.17, 15) is 9.59 Å². The SMILES string of the molecule is C#CCC(NC(=O)N(C)C(C)CC)C(=O)O. The van der Waals surface area contributed by atoms with E-state index in [-0.39, 0.29) is 12.5 Å². The average molecular weight is 226 g/mol. The summed E-state index contributed by atoms with van der Waals surface area (Å²) in [6.45, 7) is 3.83. The molecule has 0 aliphatic heterocycles. The van der Waals surface area contributed by atoms with Gasteiger partial charge in [-0.3, -0.25) is 0 Å². The quantitative estimate of drug-likeness (QED) is 0.684. The third-order valence-electron chi connectivity index (χ3n) is 2.49. The highest BCUT2D eigenvalue weighted by Gasteiger charge is 2.22. The van der Waals surface area contributed by atoms with E-state index in [0.29, 0.717) is 0 Å². The first-order valence-corrected chi connectivity index (χ1v) is 5.13. The molecule has 0 aromatic heterocycles. The zero-order valence-electron chi connectivity index (χ0n) is 9.86. The minimum Gasteiger partial charge on any atom is -0.480 e. The highest BCUT2D eigenvalue weighted by molar-refractivity contribution is 5.82. The van der Waals surface area contributed by atoms with E-state index in [1.807, 2.05) is 13.8 Å². The Morgan fingerprint density at radius 1 is 1.56 bits per heavy atom. The highest BCUT2D eigenvalue weighted by atomic mass is 16.4. The van der Waals surface area contributed by atoms with Crippen molar-refractivity contribution < 1.29 is 14.7 Å². The monoisotopic (exact) mass is 226 g/mol. The molecule has 5 heteroatoms. The van der Waals surface area contributed by atoms with E-state index in [1.54, 1.807) is 7.05 Å². The molecule has 0 aromatic rings. The molecule has 0 fully saturated rings. The van der Waals surface area contributed by atoms with Crippen LogP contribution < -0.4 is 5.32 Å². The van der Waals surface area contributed by atoms with Crippen molar-refractivity contribution in [3.8, 4) is 12.3 Å². The number of rotatable bonds is 5. The van der Waals surface area contributed by atoms with Crippen LogP contribution in [0.15, 0.2) is 0 Å². The normalized spacial score (nSPS) is 13.4. The molecule has 0 bridgehead atoms. The zero-order valence-corrected chi connectivity index (χ0v) is 9.86. The fourth-order valence-corrected chi connectivity index (χ4v) is 1.04. The topological polar surface area (TPSA) is 69.6 Å². The maximum absolute atomic E-state index is 11.6. The lowest BCUT2D eigenvalue weighted by atomic mass is 10.2. The number of hydrogen-bond donors (Lipinski definition) is 2. The number of carbonyl (C=O) groups excluding carboxylic acids is 1. The van der Waals surface area contributed by atoms with Crippen molar-refractivity contribution in [2.75, 3.05) is 7.05 Å². The summed E-state index contributed by atoms with van der Waals surface area (Å²) >= 11 is 0. The van der Waals surface area contributed by atoms with E-state index >= 15 is 0 Å². The minimum atomic E-state index is -1.12. The number of terminal acetylenes is 1. The molecule has 0 aliphatic carbocycles. The molecule has 2 atom stereocenters. The number of hydrogen-bond acceptors (Lipinski definition) is 2. The standard InChI is InChI=1S/C11H18N2O3/c1-5-7-9(10(14)15)12-11(16)13(4)8(3)6-2/h1,8-9H,6-7H2,2-4H3,(H,12,16)(H,14,15). The predicted molar refractivity (Wildman–Crippen MR) is 60.9 cm³/mol. The molecule has 16 heavy (non-hydrogen) atoms. The Balaban J connectivity index is 4.41. The maximum Gasteiger partial charge on any atom is 0.327 e. The zero-order chi connectivity index (χ0) is 12.7. The van der Waals surface area contributed by atoms with Crippen LogP contribution in [0, 0.1) is 12.3 Å². The van der Waals surface area contributed by atoms with Crippen LogP contribution in [0.1, 0.15) is 26.7 Å². The molecule has 2 unspecified atom stereocenters. The van der Waals surface area contributed by atoms with Crippen molar-refractivity contribution in [1.82, 2.24) is 10.2 Å². The van der Waals surface area contributed by atoms with Crippen molar-refractivity contribution in [3.63, 3.8) is 0 Å². The number of carbonyl (C=O) groups is 2. The van der Waals surface area contributed by atoms with Gasteiger partial charge in [0.1, 0.15) is 6.04 Å². The summed E-state index contributed by atoms with van der Waals surface area (Å²) in [6.07, 6.45) is 5.81. The molecule has 0 heterocycles. The Morgan fingerprint density at radius 2 is 2.12 bits per heavy atom. The van der Waals surface area contributed by atoms with Gasteiger partial charge in [0.05, 0.1) is 0 Å². The van der Waals surface area contributed by atoms with Crippen LogP contribution in [0.3, 0.4) is 0 Å². The first-order chi connectivity index (χ1) is 7.43. The summed E-state index contributed by atoms with van der Waals surface area (Å²) in [5.41, 5.74) is 0. The predicted octanol–water partition coefficient (Wildman–Crippen LogP) is 0.903. The Bertz CT molecular complexity index is 296. The van der Waals surface area contributed by atoms with Crippen LogP contribution in [0.2, 0.25) is 0 Å². The van der Waals surface area contributed by atoms with Crippen LogP contribution in [-0.4, -0.2) is 41.1 Å². The lowest BCUT2D eigenvalue weighted by Crippen LogP contribution is -2.48. The molecule has 5 nitrogen and oxygen atoms in total. The minimum absolute atomic E-state index is 0.0184. The second kappa shape index (κ2) is 6.72. The number of carboxylic acid groups (broad SMARTS) is 1. The fourth-order valence-electron chi connectivity index (χ4n) is 1.04. The molecule has 0 aliphatic rings. The molecule has 0 saturated carbocycles. The molecule has 0 saturated heterocycles. The third kappa shape index (κ3) is 4.22. The number of aliphatic carboxylic acids is 1. The van der Waals surface area contributed by atoms with Gasteiger partial charge in [-0.15, -0.1) is 12.3 Å². The first kappa shape index (κ1) is 14.3. The van der Waals surface area contributed by atoms with Crippen molar-refractivity contribution >= 4 is 12.0 Å². The van der Waals surface area contributed by atoms with Gasteiger partial charge in [-0.05, 0) is 13.3 Å². The van der Waals surface area contributed by atoms with Gasteiger partial charge >= 0.3 is 12.0 Å². The Morgan fingerprint density at radius 3 is 2.50 bits per heavy atom. The number of nitrogens with zero attached hydrogens (tertiary/aromatic N) is 1. The molecule has 90 valence electrons. The van der Waals surface area contributed by atoms with Gasteiger partial charge in [0, 0.05) is 19.5 Å².